The van der Waals surface area contributed by atoms with E-state index in [0.29, 0.717) is 24.5 Å². The Bertz CT molecular complexity index is 748. The quantitative estimate of drug-likeness (QED) is 0.731. The molecule has 1 fully saturated rings. The summed E-state index contributed by atoms with van der Waals surface area (Å²) in [5.74, 6) is 0.110. The summed E-state index contributed by atoms with van der Waals surface area (Å²) in [7, 11) is 0. The summed E-state index contributed by atoms with van der Waals surface area (Å²) in [6.07, 6.45) is 4.60. The lowest BCUT2D eigenvalue weighted by Crippen LogP contribution is -2.46. The van der Waals surface area contributed by atoms with E-state index in [9.17, 15) is 14.4 Å². The number of nitrogens with one attached hydrogen (secondary N) is 2. The molecule has 3 unspecified atom stereocenters. The Hall–Kier alpha value is -2.57. The summed E-state index contributed by atoms with van der Waals surface area (Å²) < 4.78 is 10.7. The van der Waals surface area contributed by atoms with Crippen LogP contribution in [0, 0.1) is 5.92 Å². The second-order valence-corrected chi connectivity index (χ2v) is 7.66. The molecular formula is C21H28N2O5. The monoisotopic (exact) mass is 388 g/mol. The standard InChI is InChI=1S/C21H28N2O5/c1-13-5-3-4-6-17(13)23-21(26)14(2)28-20(25)12-27-16-8-9-18-15(11-16)7-10-19(24)22-18/h8-9,11,13-14,17H,3-7,10,12H2,1-2H3,(H,22,24)(H,23,26). The van der Waals surface area contributed by atoms with E-state index < -0.39 is 12.1 Å². The fourth-order valence-corrected chi connectivity index (χ4v) is 3.71. The van der Waals surface area contributed by atoms with Crippen molar-refractivity contribution in [3.8, 4) is 5.75 Å². The van der Waals surface area contributed by atoms with Gasteiger partial charge in [-0.1, -0.05) is 19.8 Å². The Morgan fingerprint density at radius 3 is 2.82 bits per heavy atom. The zero-order valence-electron chi connectivity index (χ0n) is 16.5. The van der Waals surface area contributed by atoms with Crippen LogP contribution in [0.25, 0.3) is 0 Å². The van der Waals surface area contributed by atoms with Crippen LogP contribution >= 0.6 is 0 Å². The summed E-state index contributed by atoms with van der Waals surface area (Å²) in [6, 6.07) is 5.41. The number of ether oxygens (including phenoxy) is 2. The molecule has 1 heterocycles. The predicted octanol–water partition coefficient (Wildman–Crippen LogP) is 2.58. The lowest BCUT2D eigenvalue weighted by atomic mass is 9.86. The SMILES string of the molecule is CC(OC(=O)COc1ccc2c(c1)CCC(=O)N2)C(=O)NC1CCCCC1C. The summed E-state index contributed by atoms with van der Waals surface area (Å²) in [5.41, 5.74) is 1.74. The first kappa shape index (κ1) is 20.2. The minimum Gasteiger partial charge on any atom is -0.482 e. The van der Waals surface area contributed by atoms with Crippen molar-refractivity contribution in [1.82, 2.24) is 5.32 Å². The Morgan fingerprint density at radius 2 is 2.04 bits per heavy atom. The van der Waals surface area contributed by atoms with Gasteiger partial charge in [0.2, 0.25) is 5.91 Å². The first-order valence-corrected chi connectivity index (χ1v) is 9.98. The minimum absolute atomic E-state index is 0.000342. The largest absolute Gasteiger partial charge is 0.482 e. The highest BCUT2D eigenvalue weighted by molar-refractivity contribution is 5.94. The van der Waals surface area contributed by atoms with Gasteiger partial charge in [-0.15, -0.1) is 0 Å². The van der Waals surface area contributed by atoms with E-state index >= 15 is 0 Å². The van der Waals surface area contributed by atoms with Crippen molar-refractivity contribution >= 4 is 23.5 Å². The summed E-state index contributed by atoms with van der Waals surface area (Å²) in [4.78, 5) is 35.7. The second-order valence-electron chi connectivity index (χ2n) is 7.66. The molecule has 0 radical (unpaired) electrons. The number of hydrogen-bond acceptors (Lipinski definition) is 5. The molecule has 1 aromatic carbocycles. The highest BCUT2D eigenvalue weighted by Crippen LogP contribution is 2.27. The van der Waals surface area contributed by atoms with Crippen molar-refractivity contribution in [2.75, 3.05) is 11.9 Å². The van der Waals surface area contributed by atoms with Gasteiger partial charge in [0.25, 0.3) is 5.91 Å². The van der Waals surface area contributed by atoms with Gasteiger partial charge in [0.1, 0.15) is 5.75 Å². The number of rotatable bonds is 6. The van der Waals surface area contributed by atoms with E-state index in [1.807, 2.05) is 6.07 Å². The molecule has 2 N–H and O–H groups in total. The Balaban J connectivity index is 1.44. The zero-order chi connectivity index (χ0) is 20.1. The first-order valence-electron chi connectivity index (χ1n) is 9.98. The molecule has 0 spiro atoms. The van der Waals surface area contributed by atoms with Crippen molar-refractivity contribution < 1.29 is 23.9 Å². The fourth-order valence-electron chi connectivity index (χ4n) is 3.71. The zero-order valence-corrected chi connectivity index (χ0v) is 16.5. The third-order valence-electron chi connectivity index (χ3n) is 5.45. The molecule has 2 aliphatic rings. The van der Waals surface area contributed by atoms with Crippen molar-refractivity contribution in [2.45, 2.75) is 64.5 Å². The molecule has 1 aliphatic heterocycles. The molecule has 2 amide bonds. The van der Waals surface area contributed by atoms with Crippen molar-refractivity contribution in [3.05, 3.63) is 23.8 Å². The number of carbonyl (C=O) groups is 3. The first-order chi connectivity index (χ1) is 13.4. The minimum atomic E-state index is -0.857. The maximum atomic E-state index is 12.3. The van der Waals surface area contributed by atoms with Crippen LogP contribution in [0.5, 0.6) is 5.75 Å². The van der Waals surface area contributed by atoms with Crippen LogP contribution in [0.2, 0.25) is 0 Å². The van der Waals surface area contributed by atoms with Gasteiger partial charge in [0.05, 0.1) is 0 Å². The average Bonchev–Trinajstić information content (AvgIpc) is 2.68. The molecule has 1 aromatic rings. The lowest BCUT2D eigenvalue weighted by molar-refractivity contribution is -0.157. The molecule has 0 saturated heterocycles. The summed E-state index contributed by atoms with van der Waals surface area (Å²) in [5, 5.41) is 5.79. The van der Waals surface area contributed by atoms with Crippen LogP contribution in [0.1, 0.15) is 51.5 Å². The lowest BCUT2D eigenvalue weighted by Gasteiger charge is -2.30. The molecule has 152 valence electrons. The molecule has 0 aromatic heterocycles. The predicted molar refractivity (Wildman–Crippen MR) is 104 cm³/mol. The fraction of sp³-hybridized carbons (Fsp3) is 0.571. The molecule has 3 atom stereocenters. The van der Waals surface area contributed by atoms with Crippen LogP contribution in [0.15, 0.2) is 18.2 Å². The van der Waals surface area contributed by atoms with Gasteiger partial charge < -0.3 is 20.1 Å². The maximum Gasteiger partial charge on any atom is 0.344 e. The van der Waals surface area contributed by atoms with Crippen LogP contribution in [0.4, 0.5) is 5.69 Å². The number of aryl methyl sites for hydroxylation is 1. The smallest absolute Gasteiger partial charge is 0.344 e. The Labute approximate surface area is 165 Å². The van der Waals surface area contributed by atoms with E-state index in [1.54, 1.807) is 19.1 Å². The van der Waals surface area contributed by atoms with Crippen molar-refractivity contribution in [2.24, 2.45) is 5.92 Å². The van der Waals surface area contributed by atoms with Gasteiger partial charge in [-0.25, -0.2) is 4.79 Å². The maximum absolute atomic E-state index is 12.3. The van der Waals surface area contributed by atoms with E-state index in [-0.39, 0.29) is 24.5 Å². The summed E-state index contributed by atoms with van der Waals surface area (Å²) >= 11 is 0. The van der Waals surface area contributed by atoms with Crippen molar-refractivity contribution in [3.63, 3.8) is 0 Å². The number of fused-ring (bicyclic) bond motifs is 1. The van der Waals surface area contributed by atoms with Crippen LogP contribution < -0.4 is 15.4 Å². The van der Waals surface area contributed by atoms with Crippen LogP contribution in [0.3, 0.4) is 0 Å². The number of hydrogen-bond donors (Lipinski definition) is 2. The van der Waals surface area contributed by atoms with E-state index in [2.05, 4.69) is 17.6 Å². The third kappa shape index (κ3) is 5.24. The van der Waals surface area contributed by atoms with Gasteiger partial charge in [0, 0.05) is 18.2 Å². The Kier molecular flexibility index (Phi) is 6.54. The highest BCUT2D eigenvalue weighted by atomic mass is 16.6. The Morgan fingerprint density at radius 1 is 1.25 bits per heavy atom. The van der Waals surface area contributed by atoms with Crippen LogP contribution in [-0.2, 0) is 25.5 Å². The number of amides is 2. The van der Waals surface area contributed by atoms with E-state index in [4.69, 9.17) is 9.47 Å². The van der Waals surface area contributed by atoms with Crippen molar-refractivity contribution in [1.29, 1.82) is 0 Å². The average molecular weight is 388 g/mol. The van der Waals surface area contributed by atoms with Gasteiger partial charge in [-0.3, -0.25) is 9.59 Å². The molecule has 1 aliphatic carbocycles. The van der Waals surface area contributed by atoms with E-state index in [1.165, 1.54) is 6.42 Å². The molecule has 0 bridgehead atoms. The van der Waals surface area contributed by atoms with Gasteiger partial charge >= 0.3 is 5.97 Å². The van der Waals surface area contributed by atoms with E-state index in [0.717, 1.165) is 30.5 Å². The molecule has 7 heteroatoms. The molecule has 1 saturated carbocycles. The normalized spacial score (nSPS) is 22.4. The third-order valence-corrected chi connectivity index (χ3v) is 5.45. The number of esters is 1. The molecule has 28 heavy (non-hydrogen) atoms. The van der Waals surface area contributed by atoms with Crippen LogP contribution in [-0.4, -0.2) is 36.5 Å². The van der Waals surface area contributed by atoms with Gasteiger partial charge in [0.15, 0.2) is 12.7 Å². The van der Waals surface area contributed by atoms with Gasteiger partial charge in [-0.2, -0.15) is 0 Å². The molecular weight excluding hydrogens is 360 g/mol. The number of anilines is 1. The number of benzene rings is 1. The summed E-state index contributed by atoms with van der Waals surface area (Å²) in [6.45, 7) is 3.43. The van der Waals surface area contributed by atoms with Gasteiger partial charge in [-0.05, 0) is 55.9 Å². The highest BCUT2D eigenvalue weighted by Gasteiger charge is 2.26. The molecule has 3 rings (SSSR count). The molecule has 7 nitrogen and oxygen atoms in total. The second kappa shape index (κ2) is 9.08. The number of carbonyl (C=O) groups excluding carboxylic acids is 3. The topological polar surface area (TPSA) is 93.7 Å².